The second kappa shape index (κ2) is 7.31. The average molecular weight is 202 g/mol. The summed E-state index contributed by atoms with van der Waals surface area (Å²) in [5, 5.41) is 13.3. The first-order chi connectivity index (χ1) is 5.00. The zero-order valence-electron chi connectivity index (χ0n) is 5.92. The summed E-state index contributed by atoms with van der Waals surface area (Å²) in [5.41, 5.74) is 0. The van der Waals surface area contributed by atoms with Gasteiger partial charge in [-0.2, -0.15) is 12.4 Å². The van der Waals surface area contributed by atoms with E-state index in [2.05, 4.69) is 21.3 Å². The van der Waals surface area contributed by atoms with Gasteiger partial charge in [-0.1, -0.05) is 13.3 Å². The fraction of sp³-hybridized carbons (Fsp3) is 0.333. The van der Waals surface area contributed by atoms with E-state index in [1.165, 1.54) is 0 Å². The maximum atomic E-state index is 3.79. The summed E-state index contributed by atoms with van der Waals surface area (Å²) in [4.78, 5) is 0. The molecule has 0 spiro atoms. The van der Waals surface area contributed by atoms with Crippen LogP contribution in [0, 0.1) is 0 Å². The van der Waals surface area contributed by atoms with Gasteiger partial charge in [-0.3, -0.25) is 0 Å². The van der Waals surface area contributed by atoms with Gasteiger partial charge in [0.2, 0.25) is 0 Å². The van der Waals surface area contributed by atoms with Gasteiger partial charge in [0, 0.05) is 0 Å². The minimum Gasteiger partial charge on any atom is -0.673 e. The fourth-order valence-electron chi connectivity index (χ4n) is 0.527. The molecule has 0 amide bonds. The van der Waals surface area contributed by atoms with Gasteiger partial charge in [-0.05, 0) is 12.4 Å². The number of hydrogen-bond acceptors (Lipinski definition) is 2. The zero-order valence-corrected chi connectivity index (χ0v) is 6.86. The monoisotopic (exact) mass is 201 g/mol. The first kappa shape index (κ1) is 10.2. The molecule has 0 saturated heterocycles. The summed E-state index contributed by atoms with van der Waals surface area (Å²) >= 11 is 0. The summed E-state index contributed by atoms with van der Waals surface area (Å²) < 4.78 is 0. The number of hydrogen-bond donors (Lipinski definition) is 2. The van der Waals surface area contributed by atoms with Crippen LogP contribution in [0.1, 0.15) is 0 Å². The molecular weight excluding hydrogens is 192 g/mol. The molecule has 4 nitrogen and oxygen atoms in total. The molecule has 2 rings (SSSR count). The third kappa shape index (κ3) is 5.63. The van der Waals surface area contributed by atoms with Crippen LogP contribution in [0.4, 0.5) is 0 Å². The minimum absolute atomic E-state index is 0. The molecule has 5 heteroatoms. The Morgan fingerprint density at radius 3 is 1.45 bits per heavy atom. The molecule has 2 aliphatic heterocycles. The maximum Gasteiger partial charge on any atom is 2.00 e. The van der Waals surface area contributed by atoms with Gasteiger partial charge in [0.15, 0.2) is 0 Å². The standard InChI is InChI=1S/2C3H5N2.Cu/c2*1-2-5-3-4-1;/h2*1-2,4H,3H2;/q2*-1;+2. The van der Waals surface area contributed by atoms with Crippen LogP contribution in [0.5, 0.6) is 0 Å². The van der Waals surface area contributed by atoms with Gasteiger partial charge in [0.05, 0.1) is 0 Å². The van der Waals surface area contributed by atoms with E-state index >= 15 is 0 Å². The van der Waals surface area contributed by atoms with Crippen LogP contribution in [0.15, 0.2) is 24.8 Å². The molecule has 0 aliphatic carbocycles. The molecule has 1 radical (unpaired) electrons. The van der Waals surface area contributed by atoms with E-state index in [4.69, 9.17) is 0 Å². The Morgan fingerprint density at radius 1 is 0.909 bits per heavy atom. The Morgan fingerprint density at radius 2 is 1.36 bits per heavy atom. The zero-order chi connectivity index (χ0) is 7.07. The molecule has 0 atom stereocenters. The van der Waals surface area contributed by atoms with Crippen LogP contribution in [-0.4, -0.2) is 13.3 Å². The average Bonchev–Trinajstić information content (AvgIpc) is 2.67. The summed E-state index contributed by atoms with van der Waals surface area (Å²) in [5.74, 6) is 0. The second-order valence-corrected chi connectivity index (χ2v) is 1.72. The van der Waals surface area contributed by atoms with Crippen molar-refractivity contribution in [3.8, 4) is 0 Å². The van der Waals surface area contributed by atoms with Crippen molar-refractivity contribution >= 4 is 0 Å². The molecule has 2 N–H and O–H groups in total. The molecule has 0 aromatic carbocycles. The van der Waals surface area contributed by atoms with Crippen molar-refractivity contribution < 1.29 is 17.1 Å². The molecule has 0 aromatic heterocycles. The quantitative estimate of drug-likeness (QED) is 0.570. The number of nitrogens with one attached hydrogen (secondary N) is 2. The van der Waals surface area contributed by atoms with E-state index in [-0.39, 0.29) is 17.1 Å². The Bertz CT molecular complexity index is 107. The predicted molar refractivity (Wildman–Crippen MR) is 41.0 cm³/mol. The van der Waals surface area contributed by atoms with E-state index in [1.807, 2.05) is 12.4 Å². The van der Waals surface area contributed by atoms with Crippen LogP contribution in [0.3, 0.4) is 0 Å². The van der Waals surface area contributed by atoms with Crippen LogP contribution in [0.2, 0.25) is 0 Å². The van der Waals surface area contributed by atoms with Crippen LogP contribution in [0.25, 0.3) is 10.6 Å². The minimum atomic E-state index is 0. The third-order valence-electron chi connectivity index (χ3n) is 0.961. The molecular formula is C6H10CuN4. The Balaban J connectivity index is 0.000000167. The summed E-state index contributed by atoms with van der Waals surface area (Å²) in [6.45, 7) is 1.53. The first-order valence-corrected chi connectivity index (χ1v) is 3.10. The van der Waals surface area contributed by atoms with Crippen molar-refractivity contribution in [3.05, 3.63) is 35.4 Å². The molecule has 2 heterocycles. The Kier molecular flexibility index (Phi) is 6.78. The Labute approximate surface area is 77.0 Å². The topological polar surface area (TPSA) is 52.3 Å². The van der Waals surface area contributed by atoms with Gasteiger partial charge in [-0.25, -0.2) is 0 Å². The molecule has 2 aliphatic rings. The summed E-state index contributed by atoms with van der Waals surface area (Å²) in [6, 6.07) is 0. The Hall–Kier alpha value is -0.801. The van der Waals surface area contributed by atoms with Crippen molar-refractivity contribution in [3.63, 3.8) is 0 Å². The molecule has 65 valence electrons. The van der Waals surface area contributed by atoms with Crippen LogP contribution < -0.4 is 10.6 Å². The summed E-state index contributed by atoms with van der Waals surface area (Å²) in [6.07, 6.45) is 7.14. The largest absolute Gasteiger partial charge is 2.00 e. The third-order valence-corrected chi connectivity index (χ3v) is 0.961. The molecule has 0 bridgehead atoms. The van der Waals surface area contributed by atoms with Crippen molar-refractivity contribution in [2.45, 2.75) is 0 Å². The van der Waals surface area contributed by atoms with Crippen molar-refractivity contribution in [2.75, 3.05) is 13.3 Å². The van der Waals surface area contributed by atoms with Crippen molar-refractivity contribution in [1.82, 2.24) is 10.6 Å². The smallest absolute Gasteiger partial charge is 0.673 e. The predicted octanol–water partition coefficient (Wildman–Crippen LogP) is 0.781. The van der Waals surface area contributed by atoms with Gasteiger partial charge in [-0.15, -0.1) is 0 Å². The molecule has 0 fully saturated rings. The van der Waals surface area contributed by atoms with Gasteiger partial charge < -0.3 is 21.3 Å². The van der Waals surface area contributed by atoms with Gasteiger partial charge >= 0.3 is 17.1 Å². The van der Waals surface area contributed by atoms with Crippen LogP contribution >= 0.6 is 0 Å². The normalized spacial score (nSPS) is 16.0. The molecule has 0 unspecified atom stereocenters. The van der Waals surface area contributed by atoms with E-state index in [9.17, 15) is 0 Å². The number of nitrogens with zero attached hydrogens (tertiary/aromatic N) is 2. The SMILES string of the molecule is C1=CNC[N-]1.C1=CNC[N-]1.[Cu+2]. The molecule has 0 aromatic rings. The second-order valence-electron chi connectivity index (χ2n) is 1.72. The maximum absolute atomic E-state index is 3.79. The van der Waals surface area contributed by atoms with E-state index < -0.39 is 0 Å². The molecule has 11 heavy (non-hydrogen) atoms. The van der Waals surface area contributed by atoms with Crippen molar-refractivity contribution in [1.29, 1.82) is 0 Å². The van der Waals surface area contributed by atoms with Crippen LogP contribution in [-0.2, 0) is 17.1 Å². The number of rotatable bonds is 0. The summed E-state index contributed by atoms with van der Waals surface area (Å²) in [7, 11) is 0. The van der Waals surface area contributed by atoms with Gasteiger partial charge in [0.25, 0.3) is 0 Å². The van der Waals surface area contributed by atoms with Gasteiger partial charge in [0.1, 0.15) is 0 Å². The van der Waals surface area contributed by atoms with E-state index in [0.29, 0.717) is 0 Å². The van der Waals surface area contributed by atoms with E-state index in [1.54, 1.807) is 12.4 Å². The van der Waals surface area contributed by atoms with Crippen molar-refractivity contribution in [2.24, 2.45) is 0 Å². The van der Waals surface area contributed by atoms with E-state index in [0.717, 1.165) is 13.3 Å². The first-order valence-electron chi connectivity index (χ1n) is 3.10. The molecule has 0 saturated carbocycles. The fourth-order valence-corrected chi connectivity index (χ4v) is 0.527.